The summed E-state index contributed by atoms with van der Waals surface area (Å²) in [5, 5.41) is 18.3. The Bertz CT molecular complexity index is 906. The number of allylic oxidation sites excluding steroid dienone is 2. The van der Waals surface area contributed by atoms with Gasteiger partial charge in [-0.15, -0.1) is 0 Å². The predicted octanol–water partition coefficient (Wildman–Crippen LogP) is 10.8. The van der Waals surface area contributed by atoms with Crippen LogP contribution in [0.2, 0.25) is 0 Å². The summed E-state index contributed by atoms with van der Waals surface area (Å²) in [6.45, 7) is 2.39. The maximum Gasteiger partial charge on any atom is 0.472 e. The van der Waals surface area contributed by atoms with E-state index >= 15 is 0 Å². The molecule has 0 heterocycles. The largest absolute Gasteiger partial charge is 0.472 e. The minimum atomic E-state index is -4.61. The summed E-state index contributed by atoms with van der Waals surface area (Å²) in [5.41, 5.74) is 0. The maximum atomic E-state index is 12.6. The van der Waals surface area contributed by atoms with Crippen LogP contribution in [0.4, 0.5) is 0 Å². The van der Waals surface area contributed by atoms with Gasteiger partial charge in [-0.3, -0.25) is 18.6 Å². The van der Waals surface area contributed by atoms with E-state index in [1.807, 2.05) is 0 Å². The van der Waals surface area contributed by atoms with Crippen LogP contribution in [0.15, 0.2) is 12.2 Å². The Morgan fingerprint density at radius 1 is 0.556 bits per heavy atom. The van der Waals surface area contributed by atoms with Crippen LogP contribution < -0.4 is 0 Å². The molecule has 0 aliphatic heterocycles. The third-order valence-electron chi connectivity index (χ3n) is 9.42. The van der Waals surface area contributed by atoms with Gasteiger partial charge >= 0.3 is 19.8 Å². The van der Waals surface area contributed by atoms with Gasteiger partial charge < -0.3 is 24.6 Å². The van der Waals surface area contributed by atoms with E-state index in [2.05, 4.69) is 30.5 Å². The summed E-state index contributed by atoms with van der Waals surface area (Å²) in [6.07, 6.45) is 36.0. The Kier molecular flexibility index (Phi) is 43.7. The molecule has 2 unspecified atom stereocenters. The van der Waals surface area contributed by atoms with Gasteiger partial charge in [-0.1, -0.05) is 167 Å². The summed E-state index contributed by atoms with van der Waals surface area (Å²) in [6, 6.07) is 0. The maximum absolute atomic E-state index is 12.6. The molecule has 0 fully saturated rings. The number of aliphatic hydroxyl groups excluding tert-OH is 2. The topological polar surface area (TPSA) is 149 Å². The monoisotopic (exact) mass is 800 g/mol. The molecule has 0 aromatic heterocycles. The minimum absolute atomic E-state index is 0. The zero-order chi connectivity index (χ0) is 39.1. The second kappa shape index (κ2) is 42.3. The van der Waals surface area contributed by atoms with Gasteiger partial charge in [0.2, 0.25) is 0 Å². The number of unbranched alkanes of at least 4 members (excludes halogenated alkanes) is 25. The van der Waals surface area contributed by atoms with Gasteiger partial charge in [0.15, 0.2) is 6.10 Å². The summed E-state index contributed by atoms with van der Waals surface area (Å²) in [7, 11) is -4.61. The molecule has 0 rings (SSSR count). The van der Waals surface area contributed by atoms with Crippen molar-refractivity contribution in [2.75, 3.05) is 26.4 Å². The molecule has 0 aliphatic carbocycles. The van der Waals surface area contributed by atoms with Crippen molar-refractivity contribution in [1.29, 1.82) is 0 Å². The molecule has 12 heteroatoms. The SMILES string of the molecule is CCCCCCCC/C=C\CCCCCCCC(=O)O[C@H](COC(=O)CCCCCCCCCCCCCCCCC)COP(=O)(O)OCC(O)CO.[Na]. The molecular weight excluding hydrogens is 718 g/mol. The van der Waals surface area contributed by atoms with Gasteiger partial charge in [0.1, 0.15) is 12.7 Å². The first-order valence-corrected chi connectivity index (χ1v) is 23.1. The van der Waals surface area contributed by atoms with E-state index in [4.69, 9.17) is 19.1 Å². The van der Waals surface area contributed by atoms with E-state index in [0.29, 0.717) is 12.8 Å². The van der Waals surface area contributed by atoms with Crippen molar-refractivity contribution >= 4 is 49.3 Å². The number of phosphoric acid groups is 1. The van der Waals surface area contributed by atoms with Crippen molar-refractivity contribution in [3.63, 3.8) is 0 Å². The normalized spacial score (nSPS) is 13.7. The molecule has 315 valence electrons. The van der Waals surface area contributed by atoms with Gasteiger partial charge in [-0.05, 0) is 38.5 Å². The average Bonchev–Trinajstić information content (AvgIpc) is 3.14. The van der Waals surface area contributed by atoms with E-state index in [9.17, 15) is 24.2 Å². The van der Waals surface area contributed by atoms with Crippen LogP contribution in [-0.2, 0) is 32.7 Å². The summed E-state index contributed by atoms with van der Waals surface area (Å²) < 4.78 is 32.7. The van der Waals surface area contributed by atoms with Crippen molar-refractivity contribution in [3.8, 4) is 0 Å². The second-order valence-corrected chi connectivity index (χ2v) is 16.2. The molecule has 0 amide bonds. The summed E-state index contributed by atoms with van der Waals surface area (Å²) in [5.74, 6) is -0.924. The number of aliphatic hydroxyl groups is 2. The smallest absolute Gasteiger partial charge is 0.462 e. The number of hydrogen-bond acceptors (Lipinski definition) is 9. The zero-order valence-electron chi connectivity index (χ0n) is 35.0. The third kappa shape index (κ3) is 41.3. The zero-order valence-corrected chi connectivity index (χ0v) is 37.9. The fraction of sp³-hybridized carbons (Fsp3) is 0.905. The summed E-state index contributed by atoms with van der Waals surface area (Å²) >= 11 is 0. The number of ether oxygens (including phenoxy) is 2. The van der Waals surface area contributed by atoms with Crippen LogP contribution in [0.3, 0.4) is 0 Å². The molecule has 3 atom stereocenters. The van der Waals surface area contributed by atoms with E-state index in [-0.39, 0.29) is 49.0 Å². The fourth-order valence-electron chi connectivity index (χ4n) is 6.05. The van der Waals surface area contributed by atoms with Crippen molar-refractivity contribution in [3.05, 3.63) is 12.2 Å². The number of esters is 2. The Labute approximate surface area is 352 Å². The van der Waals surface area contributed by atoms with Crippen molar-refractivity contribution in [2.24, 2.45) is 0 Å². The van der Waals surface area contributed by atoms with E-state index in [1.54, 1.807) is 0 Å². The van der Waals surface area contributed by atoms with Gasteiger partial charge in [0, 0.05) is 42.4 Å². The van der Waals surface area contributed by atoms with Gasteiger partial charge in [0.25, 0.3) is 0 Å². The van der Waals surface area contributed by atoms with Crippen molar-refractivity contribution < 1.29 is 47.8 Å². The molecule has 0 aromatic rings. The summed E-state index contributed by atoms with van der Waals surface area (Å²) in [4.78, 5) is 34.9. The molecule has 3 N–H and O–H groups in total. The molecule has 0 saturated carbocycles. The number of hydrogen-bond donors (Lipinski definition) is 3. The van der Waals surface area contributed by atoms with E-state index in [0.717, 1.165) is 57.8 Å². The first kappa shape index (κ1) is 55.8. The predicted molar refractivity (Wildman–Crippen MR) is 220 cm³/mol. The number of phosphoric ester groups is 1. The quantitative estimate of drug-likeness (QED) is 0.0179. The first-order valence-electron chi connectivity index (χ1n) is 21.6. The van der Waals surface area contributed by atoms with Crippen LogP contribution in [-0.4, -0.2) is 95.2 Å². The second-order valence-electron chi connectivity index (χ2n) is 14.7. The number of carbonyl (C=O) groups is 2. The molecule has 0 aromatic carbocycles. The fourth-order valence-corrected chi connectivity index (χ4v) is 6.84. The number of rotatable bonds is 41. The van der Waals surface area contributed by atoms with E-state index in [1.165, 1.54) is 109 Å². The van der Waals surface area contributed by atoms with Crippen LogP contribution in [0.1, 0.15) is 206 Å². The third-order valence-corrected chi connectivity index (χ3v) is 10.4. The average molecular weight is 800 g/mol. The first-order chi connectivity index (χ1) is 25.7. The molecule has 1 radical (unpaired) electrons. The molecule has 0 aliphatic rings. The molecular formula is C42H81NaO10P. The Balaban J connectivity index is 0. The standard InChI is InChI=1S/C42H81O10P.Na/c1-3-5-7-9-11-13-15-17-19-21-23-25-27-29-31-33-41(45)49-37-40(38-51-53(47,48)50-36-39(44)35-43)52-42(46)34-32-30-28-26-24-22-20-18-16-14-12-10-8-6-4-2;/h18,20,39-40,43-44H,3-17,19,21-38H2,1-2H3,(H,47,48);/b20-18-;/t39?,40-;/m1./s1. The Morgan fingerprint density at radius 3 is 1.35 bits per heavy atom. The molecule has 0 saturated heterocycles. The van der Waals surface area contributed by atoms with Crippen LogP contribution in [0.5, 0.6) is 0 Å². The molecule has 0 spiro atoms. The van der Waals surface area contributed by atoms with Crippen LogP contribution >= 0.6 is 7.82 Å². The van der Waals surface area contributed by atoms with Crippen molar-refractivity contribution in [1.82, 2.24) is 0 Å². The Morgan fingerprint density at radius 2 is 0.926 bits per heavy atom. The van der Waals surface area contributed by atoms with Crippen LogP contribution in [0.25, 0.3) is 0 Å². The van der Waals surface area contributed by atoms with Gasteiger partial charge in [0.05, 0.1) is 19.8 Å². The van der Waals surface area contributed by atoms with Gasteiger partial charge in [-0.25, -0.2) is 4.57 Å². The number of carbonyl (C=O) groups excluding carboxylic acids is 2. The molecule has 10 nitrogen and oxygen atoms in total. The van der Waals surface area contributed by atoms with Gasteiger partial charge in [-0.2, -0.15) is 0 Å². The van der Waals surface area contributed by atoms with Crippen LogP contribution in [0, 0.1) is 0 Å². The Hall–Kier alpha value is -0.290. The van der Waals surface area contributed by atoms with Crippen molar-refractivity contribution in [2.45, 2.75) is 219 Å². The minimum Gasteiger partial charge on any atom is -0.462 e. The van der Waals surface area contributed by atoms with E-state index < -0.39 is 51.8 Å². The molecule has 0 bridgehead atoms. The molecule has 54 heavy (non-hydrogen) atoms.